The molecule has 2 aromatic rings. The van der Waals surface area contributed by atoms with Gasteiger partial charge in [-0.25, -0.2) is 13.6 Å². The van der Waals surface area contributed by atoms with Gasteiger partial charge in [0.15, 0.2) is 5.78 Å². The Bertz CT molecular complexity index is 801. The molecule has 1 atom stereocenters. The molecule has 0 saturated carbocycles. The first-order valence-corrected chi connectivity index (χ1v) is 8.07. The summed E-state index contributed by atoms with van der Waals surface area (Å²) in [7, 11) is 1.26. The highest BCUT2D eigenvalue weighted by Crippen LogP contribution is 2.30. The number of thioether (sulfide) groups is 1. The lowest BCUT2D eigenvalue weighted by molar-refractivity contribution is 0.0599. The van der Waals surface area contributed by atoms with Crippen LogP contribution in [-0.4, -0.2) is 29.1 Å². The Morgan fingerprint density at radius 3 is 2.54 bits per heavy atom. The highest BCUT2D eigenvalue weighted by atomic mass is 32.2. The molecule has 0 aliphatic rings. The zero-order valence-corrected chi connectivity index (χ0v) is 14.5. The second kappa shape index (κ2) is 7.17. The first-order chi connectivity index (χ1) is 11.3. The number of methoxy groups -OCH3 is 1. The number of aromatic amines is 1. The highest BCUT2D eigenvalue weighted by Gasteiger charge is 2.26. The first kappa shape index (κ1) is 18.2. The maximum atomic E-state index is 13.7. The summed E-state index contributed by atoms with van der Waals surface area (Å²) in [5.74, 6) is -2.00. The molecule has 128 valence electrons. The van der Waals surface area contributed by atoms with Crippen molar-refractivity contribution < 1.29 is 23.1 Å². The number of aromatic nitrogens is 1. The minimum Gasteiger partial charge on any atom is -0.465 e. The van der Waals surface area contributed by atoms with Gasteiger partial charge >= 0.3 is 5.97 Å². The van der Waals surface area contributed by atoms with Crippen LogP contribution in [0.15, 0.2) is 23.1 Å². The Balaban J connectivity index is 2.28. The summed E-state index contributed by atoms with van der Waals surface area (Å²) in [5, 5.41) is -0.663. The van der Waals surface area contributed by atoms with Crippen LogP contribution in [0, 0.1) is 25.5 Å². The van der Waals surface area contributed by atoms with Crippen molar-refractivity contribution in [2.45, 2.75) is 30.9 Å². The topological polar surface area (TPSA) is 59.2 Å². The summed E-state index contributed by atoms with van der Waals surface area (Å²) in [6, 6.07) is 3.09. The van der Waals surface area contributed by atoms with Crippen molar-refractivity contribution in [2.24, 2.45) is 0 Å². The number of H-pyrrole nitrogens is 1. The van der Waals surface area contributed by atoms with Crippen LogP contribution in [0.3, 0.4) is 0 Å². The molecule has 1 aromatic heterocycles. The number of hydrogen-bond acceptors (Lipinski definition) is 4. The van der Waals surface area contributed by atoms with Crippen LogP contribution >= 0.6 is 11.8 Å². The van der Waals surface area contributed by atoms with Gasteiger partial charge in [0.05, 0.1) is 23.6 Å². The van der Waals surface area contributed by atoms with Gasteiger partial charge in [-0.3, -0.25) is 4.79 Å². The van der Waals surface area contributed by atoms with Gasteiger partial charge in [-0.15, -0.1) is 11.8 Å². The van der Waals surface area contributed by atoms with Gasteiger partial charge < -0.3 is 9.72 Å². The second-order valence-electron chi connectivity index (χ2n) is 5.32. The Hall–Kier alpha value is -2.15. The van der Waals surface area contributed by atoms with Crippen LogP contribution in [0.4, 0.5) is 8.78 Å². The van der Waals surface area contributed by atoms with Crippen LogP contribution in [0.5, 0.6) is 0 Å². The molecule has 2 rings (SSSR count). The number of Topliss-reactive ketones (excluding diaryl/α,β-unsaturated/α-hetero) is 1. The molecule has 1 N–H and O–H groups in total. The van der Waals surface area contributed by atoms with E-state index >= 15 is 0 Å². The molecule has 0 radical (unpaired) electrons. The SMILES string of the molecule is COC(=O)c1c(C)[nH]c(C(=O)[C@H](C)Sc2cc(F)ccc2F)c1C. The third-order valence-electron chi connectivity index (χ3n) is 3.64. The van der Waals surface area contributed by atoms with E-state index in [-0.39, 0.29) is 16.4 Å². The summed E-state index contributed by atoms with van der Waals surface area (Å²) in [5.41, 5.74) is 1.59. The zero-order valence-electron chi connectivity index (χ0n) is 13.7. The lowest BCUT2D eigenvalue weighted by Crippen LogP contribution is -2.15. The number of aryl methyl sites for hydroxylation is 1. The molecule has 0 spiro atoms. The van der Waals surface area contributed by atoms with Crippen molar-refractivity contribution in [3.8, 4) is 0 Å². The molecule has 0 unspecified atom stereocenters. The second-order valence-corrected chi connectivity index (χ2v) is 6.70. The Labute approximate surface area is 142 Å². The third kappa shape index (κ3) is 3.51. The molecule has 0 aliphatic carbocycles. The molecule has 0 aliphatic heterocycles. The molecule has 0 amide bonds. The van der Waals surface area contributed by atoms with Gasteiger partial charge in [-0.1, -0.05) is 0 Å². The highest BCUT2D eigenvalue weighted by molar-refractivity contribution is 8.00. The predicted octanol–water partition coefficient (Wildman–Crippen LogP) is 4.06. The third-order valence-corrected chi connectivity index (χ3v) is 4.77. The molecule has 4 nitrogen and oxygen atoms in total. The van der Waals surface area contributed by atoms with Crippen LogP contribution in [0.1, 0.15) is 39.0 Å². The number of rotatable bonds is 5. The van der Waals surface area contributed by atoms with Crippen molar-refractivity contribution in [1.29, 1.82) is 0 Å². The minimum absolute atomic E-state index is 0.0602. The predicted molar refractivity (Wildman–Crippen MR) is 87.6 cm³/mol. The average molecular weight is 353 g/mol. The van der Waals surface area contributed by atoms with Gasteiger partial charge in [-0.05, 0) is 44.5 Å². The molecule has 7 heteroatoms. The smallest absolute Gasteiger partial charge is 0.339 e. The summed E-state index contributed by atoms with van der Waals surface area (Å²) in [6.07, 6.45) is 0. The molecule has 0 bridgehead atoms. The molecule has 0 fully saturated rings. The van der Waals surface area contributed by atoms with E-state index in [0.717, 1.165) is 30.0 Å². The van der Waals surface area contributed by atoms with Gasteiger partial charge in [-0.2, -0.15) is 0 Å². The molecule has 1 aromatic carbocycles. The summed E-state index contributed by atoms with van der Waals surface area (Å²) in [4.78, 5) is 27.4. The average Bonchev–Trinajstić information content (AvgIpc) is 2.84. The normalized spacial score (nSPS) is 12.1. The first-order valence-electron chi connectivity index (χ1n) is 7.19. The standard InChI is InChI=1S/C17H17F2NO3S/c1-8-14(17(22)23-4)9(2)20-15(8)16(21)10(3)24-13-7-11(18)5-6-12(13)19/h5-7,10,20H,1-4H3/t10-/m0/s1. The fourth-order valence-electron chi connectivity index (χ4n) is 2.42. The molecular weight excluding hydrogens is 336 g/mol. The summed E-state index contributed by atoms with van der Waals surface area (Å²) >= 11 is 0.925. The van der Waals surface area contributed by atoms with E-state index in [4.69, 9.17) is 4.74 Å². The zero-order chi connectivity index (χ0) is 18.0. The van der Waals surface area contributed by atoms with Crippen molar-refractivity contribution >= 4 is 23.5 Å². The van der Waals surface area contributed by atoms with Gasteiger partial charge in [0.1, 0.15) is 11.6 Å². The number of ether oxygens (including phenoxy) is 1. The van der Waals surface area contributed by atoms with Crippen LogP contribution in [0.2, 0.25) is 0 Å². The fraction of sp³-hybridized carbons (Fsp3) is 0.294. The number of halogens is 2. The van der Waals surface area contributed by atoms with E-state index in [1.54, 1.807) is 20.8 Å². The van der Waals surface area contributed by atoms with E-state index in [0.29, 0.717) is 16.8 Å². The maximum absolute atomic E-state index is 13.7. The van der Waals surface area contributed by atoms with Crippen LogP contribution in [-0.2, 0) is 4.74 Å². The van der Waals surface area contributed by atoms with E-state index in [1.165, 1.54) is 7.11 Å². The van der Waals surface area contributed by atoms with E-state index in [2.05, 4.69) is 4.98 Å². The van der Waals surface area contributed by atoms with E-state index in [1.807, 2.05) is 0 Å². The number of carbonyl (C=O) groups is 2. The number of esters is 1. The van der Waals surface area contributed by atoms with Crippen molar-refractivity contribution in [1.82, 2.24) is 4.98 Å². The molecular formula is C17H17F2NO3S. The Morgan fingerprint density at radius 1 is 1.25 bits per heavy atom. The van der Waals surface area contributed by atoms with Gasteiger partial charge in [0.25, 0.3) is 0 Å². The largest absolute Gasteiger partial charge is 0.465 e. The number of nitrogens with one attached hydrogen (secondary N) is 1. The Kier molecular flexibility index (Phi) is 5.43. The number of hydrogen-bond donors (Lipinski definition) is 1. The van der Waals surface area contributed by atoms with Crippen LogP contribution in [0.25, 0.3) is 0 Å². The summed E-state index contributed by atoms with van der Waals surface area (Å²) in [6.45, 7) is 4.91. The lowest BCUT2D eigenvalue weighted by atomic mass is 10.1. The molecule has 0 saturated heterocycles. The number of benzene rings is 1. The van der Waals surface area contributed by atoms with Crippen molar-refractivity contribution in [3.05, 3.63) is 52.3 Å². The number of carbonyl (C=O) groups excluding carboxylic acids is 2. The van der Waals surface area contributed by atoms with Gasteiger partial charge in [0, 0.05) is 10.6 Å². The monoisotopic (exact) mass is 353 g/mol. The fourth-order valence-corrected chi connectivity index (χ4v) is 3.39. The minimum atomic E-state index is -0.663. The number of ketones is 1. The van der Waals surface area contributed by atoms with Crippen molar-refractivity contribution in [2.75, 3.05) is 7.11 Å². The molecule has 1 heterocycles. The van der Waals surface area contributed by atoms with E-state index < -0.39 is 22.9 Å². The van der Waals surface area contributed by atoms with Crippen LogP contribution < -0.4 is 0 Å². The van der Waals surface area contributed by atoms with Gasteiger partial charge in [0.2, 0.25) is 0 Å². The maximum Gasteiger partial charge on any atom is 0.339 e. The molecule has 24 heavy (non-hydrogen) atoms. The Morgan fingerprint density at radius 2 is 1.92 bits per heavy atom. The summed E-state index contributed by atoms with van der Waals surface area (Å²) < 4.78 is 31.7. The quantitative estimate of drug-likeness (QED) is 0.500. The lowest BCUT2D eigenvalue weighted by Gasteiger charge is -2.11. The van der Waals surface area contributed by atoms with Crippen molar-refractivity contribution in [3.63, 3.8) is 0 Å². The van der Waals surface area contributed by atoms with E-state index in [9.17, 15) is 18.4 Å².